The molecule has 2 aliphatic rings. The van der Waals surface area contributed by atoms with E-state index in [1.165, 1.54) is 0 Å². The van der Waals surface area contributed by atoms with Crippen molar-refractivity contribution in [3.8, 4) is 6.07 Å². The van der Waals surface area contributed by atoms with Crippen LogP contribution in [0.3, 0.4) is 0 Å². The van der Waals surface area contributed by atoms with Gasteiger partial charge >= 0.3 is 0 Å². The predicted molar refractivity (Wildman–Crippen MR) is 108 cm³/mol. The van der Waals surface area contributed by atoms with Gasteiger partial charge in [-0.3, -0.25) is 9.59 Å². The van der Waals surface area contributed by atoms with Crippen LogP contribution in [-0.2, 0) is 22.4 Å². The van der Waals surface area contributed by atoms with Crippen molar-refractivity contribution in [3.05, 3.63) is 59.2 Å². The number of nitriles is 1. The normalized spacial score (nSPS) is 16.0. The van der Waals surface area contributed by atoms with Gasteiger partial charge in [0.25, 0.3) is 0 Å². The van der Waals surface area contributed by atoms with Gasteiger partial charge in [0.1, 0.15) is 0 Å². The van der Waals surface area contributed by atoms with Crippen LogP contribution in [0, 0.1) is 11.3 Å². The van der Waals surface area contributed by atoms with Crippen molar-refractivity contribution >= 4 is 23.2 Å². The standard InChI is InChI=1S/C23H23N3O2/c24-16-18-10-8-17(9-11-18)12-13-22(28)26-15-2-5-19-4-1-6-20(23(19)26)25-14-3-7-21(25)27/h1,4,6,8-11H,2-3,5,7,12-15H2. The highest BCUT2D eigenvalue weighted by Gasteiger charge is 2.30. The molecule has 1 fully saturated rings. The van der Waals surface area contributed by atoms with Crippen molar-refractivity contribution in [2.45, 2.75) is 38.5 Å². The number of fused-ring (bicyclic) bond motifs is 1. The monoisotopic (exact) mass is 373 g/mol. The van der Waals surface area contributed by atoms with E-state index >= 15 is 0 Å². The van der Waals surface area contributed by atoms with E-state index in [4.69, 9.17) is 5.26 Å². The summed E-state index contributed by atoms with van der Waals surface area (Å²) in [7, 11) is 0. The van der Waals surface area contributed by atoms with Crippen LogP contribution >= 0.6 is 0 Å². The fourth-order valence-corrected chi connectivity index (χ4v) is 4.13. The Balaban J connectivity index is 1.55. The van der Waals surface area contributed by atoms with Crippen LogP contribution in [0.25, 0.3) is 0 Å². The first-order chi connectivity index (χ1) is 13.7. The number of rotatable bonds is 4. The zero-order chi connectivity index (χ0) is 19.5. The summed E-state index contributed by atoms with van der Waals surface area (Å²) in [5.41, 5.74) is 4.63. The summed E-state index contributed by atoms with van der Waals surface area (Å²) in [6.07, 6.45) is 4.37. The van der Waals surface area contributed by atoms with Crippen LogP contribution in [0.5, 0.6) is 0 Å². The van der Waals surface area contributed by atoms with Gasteiger partial charge in [0, 0.05) is 25.9 Å². The SMILES string of the molecule is N#Cc1ccc(CCC(=O)N2CCCc3cccc(N4CCCC4=O)c32)cc1. The predicted octanol–water partition coefficient (Wildman–Crippen LogP) is 3.60. The molecule has 0 aromatic heterocycles. The second kappa shape index (κ2) is 7.85. The lowest BCUT2D eigenvalue weighted by atomic mass is 9.98. The van der Waals surface area contributed by atoms with Gasteiger partial charge in [-0.2, -0.15) is 5.26 Å². The maximum absolute atomic E-state index is 13.1. The molecular formula is C23H23N3O2. The quantitative estimate of drug-likeness (QED) is 0.823. The Morgan fingerprint density at radius 2 is 1.82 bits per heavy atom. The molecule has 0 atom stereocenters. The highest BCUT2D eigenvalue weighted by atomic mass is 16.2. The van der Waals surface area contributed by atoms with Crippen LogP contribution < -0.4 is 9.80 Å². The Hall–Kier alpha value is -3.13. The first kappa shape index (κ1) is 18.2. The van der Waals surface area contributed by atoms with E-state index < -0.39 is 0 Å². The van der Waals surface area contributed by atoms with Crippen molar-refractivity contribution in [1.82, 2.24) is 0 Å². The molecule has 0 radical (unpaired) electrons. The van der Waals surface area contributed by atoms with Crippen LogP contribution in [-0.4, -0.2) is 24.9 Å². The Morgan fingerprint density at radius 1 is 1.04 bits per heavy atom. The summed E-state index contributed by atoms with van der Waals surface area (Å²) < 4.78 is 0. The largest absolute Gasteiger partial charge is 0.310 e. The number of para-hydroxylation sites is 1. The molecule has 2 aromatic rings. The number of benzene rings is 2. The van der Waals surface area contributed by atoms with Crippen molar-refractivity contribution in [2.75, 3.05) is 22.9 Å². The highest BCUT2D eigenvalue weighted by Crippen LogP contribution is 2.39. The summed E-state index contributed by atoms with van der Waals surface area (Å²) in [6.45, 7) is 1.42. The van der Waals surface area contributed by atoms with E-state index in [1.807, 2.05) is 34.1 Å². The Bertz CT molecular complexity index is 943. The van der Waals surface area contributed by atoms with Crippen LogP contribution in [0.4, 0.5) is 11.4 Å². The average Bonchev–Trinajstić information content (AvgIpc) is 3.17. The second-order valence-corrected chi connectivity index (χ2v) is 7.39. The third kappa shape index (κ3) is 3.50. The van der Waals surface area contributed by atoms with E-state index in [2.05, 4.69) is 12.1 Å². The second-order valence-electron chi connectivity index (χ2n) is 7.39. The zero-order valence-corrected chi connectivity index (χ0v) is 15.9. The number of amides is 2. The molecule has 0 N–H and O–H groups in total. The molecule has 1 saturated heterocycles. The molecule has 2 aliphatic heterocycles. The van der Waals surface area contributed by atoms with Crippen LogP contribution in [0.2, 0.25) is 0 Å². The summed E-state index contributed by atoms with van der Waals surface area (Å²) in [6, 6.07) is 15.5. The van der Waals surface area contributed by atoms with E-state index in [9.17, 15) is 9.59 Å². The van der Waals surface area contributed by atoms with Crippen molar-refractivity contribution < 1.29 is 9.59 Å². The molecule has 28 heavy (non-hydrogen) atoms. The molecule has 4 rings (SSSR count). The third-order valence-electron chi connectivity index (χ3n) is 5.57. The number of carbonyl (C=O) groups is 2. The first-order valence-corrected chi connectivity index (χ1v) is 9.89. The lowest BCUT2D eigenvalue weighted by molar-refractivity contribution is -0.119. The van der Waals surface area contributed by atoms with Crippen LogP contribution in [0.15, 0.2) is 42.5 Å². The number of carbonyl (C=O) groups excluding carboxylic acids is 2. The molecule has 0 aliphatic carbocycles. The molecule has 0 spiro atoms. The van der Waals surface area contributed by atoms with Gasteiger partial charge in [0.15, 0.2) is 0 Å². The third-order valence-corrected chi connectivity index (χ3v) is 5.57. The molecule has 2 heterocycles. The smallest absolute Gasteiger partial charge is 0.227 e. The molecule has 142 valence electrons. The van der Waals surface area contributed by atoms with E-state index in [0.29, 0.717) is 31.4 Å². The van der Waals surface area contributed by atoms with E-state index in [-0.39, 0.29) is 11.8 Å². The Morgan fingerprint density at radius 3 is 2.54 bits per heavy atom. The minimum atomic E-state index is 0.0874. The van der Waals surface area contributed by atoms with E-state index in [1.54, 1.807) is 12.1 Å². The van der Waals surface area contributed by atoms with Gasteiger partial charge in [-0.05, 0) is 55.0 Å². The van der Waals surface area contributed by atoms with E-state index in [0.717, 1.165) is 48.3 Å². The number of hydrogen-bond acceptors (Lipinski definition) is 3. The Kier molecular flexibility index (Phi) is 5.12. The minimum Gasteiger partial charge on any atom is -0.310 e. The molecule has 0 bridgehead atoms. The van der Waals surface area contributed by atoms with Gasteiger partial charge in [-0.1, -0.05) is 24.3 Å². The van der Waals surface area contributed by atoms with Crippen LogP contribution in [0.1, 0.15) is 42.4 Å². The number of anilines is 2. The van der Waals surface area contributed by atoms with Gasteiger partial charge in [-0.15, -0.1) is 0 Å². The van der Waals surface area contributed by atoms with Gasteiger partial charge in [0.05, 0.1) is 23.0 Å². The maximum atomic E-state index is 13.1. The summed E-state index contributed by atoms with van der Waals surface area (Å²) in [4.78, 5) is 29.1. The molecule has 0 saturated carbocycles. The number of nitrogens with zero attached hydrogens (tertiary/aromatic N) is 3. The highest BCUT2D eigenvalue weighted by molar-refractivity contribution is 6.04. The maximum Gasteiger partial charge on any atom is 0.227 e. The minimum absolute atomic E-state index is 0.0874. The van der Waals surface area contributed by atoms with Crippen molar-refractivity contribution in [1.29, 1.82) is 5.26 Å². The molecule has 5 nitrogen and oxygen atoms in total. The first-order valence-electron chi connectivity index (χ1n) is 9.89. The average molecular weight is 373 g/mol. The molecule has 2 aromatic carbocycles. The lowest BCUT2D eigenvalue weighted by Gasteiger charge is -2.34. The zero-order valence-electron chi connectivity index (χ0n) is 15.9. The number of hydrogen-bond donors (Lipinski definition) is 0. The van der Waals surface area contributed by atoms with Gasteiger partial charge < -0.3 is 9.80 Å². The lowest BCUT2D eigenvalue weighted by Crippen LogP contribution is -2.38. The van der Waals surface area contributed by atoms with Crippen molar-refractivity contribution in [2.24, 2.45) is 0 Å². The molecular weight excluding hydrogens is 350 g/mol. The Labute approximate surface area is 165 Å². The molecule has 2 amide bonds. The van der Waals surface area contributed by atoms with Crippen molar-refractivity contribution in [3.63, 3.8) is 0 Å². The summed E-state index contributed by atoms with van der Waals surface area (Å²) in [5.74, 6) is 0.230. The fourth-order valence-electron chi connectivity index (χ4n) is 4.13. The van der Waals surface area contributed by atoms with Gasteiger partial charge in [-0.25, -0.2) is 0 Å². The van der Waals surface area contributed by atoms with Gasteiger partial charge in [0.2, 0.25) is 11.8 Å². The molecule has 0 unspecified atom stereocenters. The summed E-state index contributed by atoms with van der Waals surface area (Å²) in [5, 5.41) is 8.91. The molecule has 5 heteroatoms. The number of aryl methyl sites for hydroxylation is 2. The topological polar surface area (TPSA) is 64.4 Å². The fraction of sp³-hybridized carbons (Fsp3) is 0.348. The summed E-state index contributed by atoms with van der Waals surface area (Å²) >= 11 is 0.